The summed E-state index contributed by atoms with van der Waals surface area (Å²) in [6, 6.07) is 7.01. The van der Waals surface area contributed by atoms with Gasteiger partial charge in [-0.15, -0.1) is 0 Å². The van der Waals surface area contributed by atoms with E-state index >= 15 is 0 Å². The predicted octanol–water partition coefficient (Wildman–Crippen LogP) is 5.93. The van der Waals surface area contributed by atoms with Crippen molar-refractivity contribution in [3.05, 3.63) is 36.4 Å². The van der Waals surface area contributed by atoms with Crippen molar-refractivity contribution >= 4 is 45.6 Å². The number of oxazole rings is 1. The van der Waals surface area contributed by atoms with E-state index in [0.717, 1.165) is 18.6 Å². The van der Waals surface area contributed by atoms with E-state index in [9.17, 15) is 8.42 Å². The highest BCUT2D eigenvalue weighted by atomic mass is 32.2. The zero-order valence-electron chi connectivity index (χ0n) is 20.7. The number of hydrogen-bond donors (Lipinski definition) is 4. The SMILES string of the molecule is C.C1CCCCC1.CS(=O)(=O)c1ccccc1-c1ncoc1C1CCCCC1.NC(=O)S.NC(=O)S.O. The predicted molar refractivity (Wildman–Crippen MR) is 156 cm³/mol. The van der Waals surface area contributed by atoms with Crippen LogP contribution in [-0.2, 0) is 9.84 Å². The van der Waals surface area contributed by atoms with Gasteiger partial charge in [-0.2, -0.15) is 0 Å². The van der Waals surface area contributed by atoms with Crippen molar-refractivity contribution in [3.63, 3.8) is 0 Å². The van der Waals surface area contributed by atoms with Crippen molar-refractivity contribution in [1.29, 1.82) is 0 Å². The summed E-state index contributed by atoms with van der Waals surface area (Å²) < 4.78 is 29.6. The molecule has 212 valence electrons. The van der Waals surface area contributed by atoms with E-state index in [1.54, 1.807) is 18.2 Å². The Morgan fingerprint density at radius 2 is 1.30 bits per heavy atom. The molecule has 12 heteroatoms. The van der Waals surface area contributed by atoms with Crippen LogP contribution in [0.3, 0.4) is 0 Å². The lowest BCUT2D eigenvalue weighted by Gasteiger charge is -2.20. The maximum Gasteiger partial charge on any atom is 0.273 e. The van der Waals surface area contributed by atoms with Crippen LogP contribution in [0.25, 0.3) is 11.3 Å². The lowest BCUT2D eigenvalue weighted by molar-refractivity contribution is 0.266. The molecule has 6 N–H and O–H groups in total. The van der Waals surface area contributed by atoms with Crippen LogP contribution in [0.5, 0.6) is 0 Å². The summed E-state index contributed by atoms with van der Waals surface area (Å²) in [7, 11) is -3.29. The van der Waals surface area contributed by atoms with Gasteiger partial charge in [0.15, 0.2) is 16.2 Å². The van der Waals surface area contributed by atoms with Crippen LogP contribution < -0.4 is 11.5 Å². The van der Waals surface area contributed by atoms with Crippen LogP contribution >= 0.6 is 25.3 Å². The van der Waals surface area contributed by atoms with E-state index in [1.807, 2.05) is 6.07 Å². The molecule has 1 heterocycles. The molecule has 0 atom stereocenters. The third kappa shape index (κ3) is 15.7. The van der Waals surface area contributed by atoms with Crippen molar-refractivity contribution in [2.75, 3.05) is 6.26 Å². The van der Waals surface area contributed by atoms with E-state index in [0.29, 0.717) is 22.1 Å². The Bertz CT molecular complexity index is 987. The molecule has 0 bridgehead atoms. The topological polar surface area (TPSA) is 178 Å². The summed E-state index contributed by atoms with van der Waals surface area (Å²) in [4.78, 5) is 22.8. The van der Waals surface area contributed by atoms with Crippen LogP contribution in [0, 0.1) is 0 Å². The van der Waals surface area contributed by atoms with Crippen LogP contribution in [-0.4, -0.2) is 35.6 Å². The van der Waals surface area contributed by atoms with Gasteiger partial charge in [0.25, 0.3) is 10.5 Å². The van der Waals surface area contributed by atoms with Crippen molar-refractivity contribution < 1.29 is 27.9 Å². The highest BCUT2D eigenvalue weighted by molar-refractivity contribution is 7.96. The third-order valence-electron chi connectivity index (χ3n) is 5.61. The minimum atomic E-state index is -3.29. The molecule has 2 aliphatic carbocycles. The number of amides is 2. The number of aromatic nitrogens is 1. The van der Waals surface area contributed by atoms with Gasteiger partial charge < -0.3 is 21.4 Å². The number of benzene rings is 1. The Labute approximate surface area is 232 Å². The second kappa shape index (κ2) is 20.0. The molecule has 2 amide bonds. The molecular formula is C25H43N3O6S3. The fourth-order valence-electron chi connectivity index (χ4n) is 4.16. The van der Waals surface area contributed by atoms with Crippen LogP contribution in [0.4, 0.5) is 9.59 Å². The molecule has 9 nitrogen and oxygen atoms in total. The fourth-order valence-corrected chi connectivity index (χ4v) is 5.05. The molecule has 2 saturated carbocycles. The molecule has 0 radical (unpaired) electrons. The number of nitrogens with zero attached hydrogens (tertiary/aromatic N) is 1. The maximum atomic E-state index is 12.0. The minimum absolute atomic E-state index is 0. The van der Waals surface area contributed by atoms with Gasteiger partial charge in [0.2, 0.25) is 0 Å². The van der Waals surface area contributed by atoms with Gasteiger partial charge in [0.05, 0.1) is 4.90 Å². The highest BCUT2D eigenvalue weighted by Crippen LogP contribution is 2.39. The maximum absolute atomic E-state index is 12.0. The van der Waals surface area contributed by atoms with Gasteiger partial charge in [-0.1, -0.05) is 109 Å². The summed E-state index contributed by atoms with van der Waals surface area (Å²) in [5.74, 6) is 1.19. The average molecular weight is 578 g/mol. The van der Waals surface area contributed by atoms with E-state index in [4.69, 9.17) is 14.0 Å². The molecule has 0 unspecified atom stereocenters. The first-order chi connectivity index (χ1) is 16.5. The Morgan fingerprint density at radius 3 is 1.73 bits per heavy atom. The van der Waals surface area contributed by atoms with Crippen LogP contribution in [0.15, 0.2) is 40.0 Å². The summed E-state index contributed by atoms with van der Waals surface area (Å²) >= 11 is 6.21. The normalized spacial score (nSPS) is 14.9. The molecule has 1 aromatic heterocycles. The van der Waals surface area contributed by atoms with Crippen molar-refractivity contribution in [2.45, 2.75) is 88.9 Å². The second-order valence-electron chi connectivity index (χ2n) is 8.47. The van der Waals surface area contributed by atoms with Gasteiger partial charge in [0, 0.05) is 17.7 Å². The van der Waals surface area contributed by atoms with E-state index in [1.165, 1.54) is 70.4 Å². The monoisotopic (exact) mass is 577 g/mol. The van der Waals surface area contributed by atoms with Crippen molar-refractivity contribution in [2.24, 2.45) is 11.5 Å². The number of nitrogens with two attached hydrogens (primary N) is 2. The minimum Gasteiger partial charge on any atom is -0.448 e. The number of carbonyl (C=O) groups excluding carboxylic acids is 2. The lowest BCUT2D eigenvalue weighted by atomic mass is 9.86. The number of primary amides is 2. The summed E-state index contributed by atoms with van der Waals surface area (Å²) in [5.41, 5.74) is 10.0. The first-order valence-electron chi connectivity index (χ1n) is 11.7. The third-order valence-corrected chi connectivity index (χ3v) is 6.77. The number of thiol groups is 2. The van der Waals surface area contributed by atoms with Crippen molar-refractivity contribution in [1.82, 2.24) is 4.98 Å². The summed E-state index contributed by atoms with van der Waals surface area (Å²) in [5, 5.41) is -1.28. The zero-order chi connectivity index (χ0) is 26.3. The van der Waals surface area contributed by atoms with Crippen LogP contribution in [0.2, 0.25) is 0 Å². The molecule has 0 saturated heterocycles. The molecule has 2 fully saturated rings. The molecule has 37 heavy (non-hydrogen) atoms. The number of rotatable bonds is 3. The lowest BCUT2D eigenvalue weighted by Crippen LogP contribution is -2.06. The largest absolute Gasteiger partial charge is 0.448 e. The fraction of sp³-hybridized carbons (Fsp3) is 0.560. The van der Waals surface area contributed by atoms with Gasteiger partial charge in [-0.05, 0) is 18.9 Å². The van der Waals surface area contributed by atoms with Gasteiger partial charge in [-0.3, -0.25) is 9.59 Å². The molecular weight excluding hydrogens is 534 g/mol. The van der Waals surface area contributed by atoms with Crippen molar-refractivity contribution in [3.8, 4) is 11.3 Å². The second-order valence-corrected chi connectivity index (χ2v) is 11.3. The van der Waals surface area contributed by atoms with E-state index in [2.05, 4.69) is 41.7 Å². The Balaban J connectivity index is 0. The molecule has 0 spiro atoms. The van der Waals surface area contributed by atoms with Gasteiger partial charge in [0.1, 0.15) is 11.5 Å². The van der Waals surface area contributed by atoms with E-state index < -0.39 is 20.3 Å². The zero-order valence-corrected chi connectivity index (χ0v) is 23.3. The first kappa shape index (κ1) is 37.1. The Morgan fingerprint density at radius 1 is 0.892 bits per heavy atom. The smallest absolute Gasteiger partial charge is 0.273 e. The standard InChI is InChI=1S/C16H19NO3S.C6H12.2CH3NOS.CH4.H2O/c1-21(18,19)14-10-6-5-9-13(14)15-16(20-11-17-15)12-7-3-2-4-8-12;1-2-4-6-5-3-1;2*2-1(3)4;;/h5-6,9-12H,2-4,7-8H2,1H3;1-6H2;2*(H3,2,3,4);1H4;1H2. The Kier molecular flexibility index (Phi) is 20.1. The van der Waals surface area contributed by atoms with E-state index in [-0.39, 0.29) is 12.9 Å². The van der Waals surface area contributed by atoms with Gasteiger partial charge in [-0.25, -0.2) is 13.4 Å². The quantitative estimate of drug-likeness (QED) is 0.328. The molecule has 0 aliphatic heterocycles. The summed E-state index contributed by atoms with van der Waals surface area (Å²) in [6.07, 6.45) is 17.5. The van der Waals surface area contributed by atoms with Gasteiger partial charge >= 0.3 is 0 Å². The van der Waals surface area contributed by atoms with Crippen LogP contribution in [0.1, 0.15) is 89.7 Å². The molecule has 1 aromatic carbocycles. The number of carbonyl (C=O) groups is 2. The highest BCUT2D eigenvalue weighted by Gasteiger charge is 2.25. The first-order valence-corrected chi connectivity index (χ1v) is 14.5. The number of hydrogen-bond acceptors (Lipinski definition) is 6. The molecule has 4 rings (SSSR count). The average Bonchev–Trinajstić information content (AvgIpc) is 3.30. The molecule has 2 aliphatic rings. The molecule has 2 aromatic rings. The summed E-state index contributed by atoms with van der Waals surface area (Å²) in [6.45, 7) is 0. The Hall–Kier alpha value is -2.02. The number of sulfone groups is 1.